The van der Waals surface area contributed by atoms with Crippen molar-refractivity contribution >= 4 is 46.8 Å². The second kappa shape index (κ2) is 7.29. The summed E-state index contributed by atoms with van der Waals surface area (Å²) in [6.07, 6.45) is 3.79. The number of carbonyl (C=O) groups excluding carboxylic acids is 1. The molecule has 0 spiro atoms. The lowest BCUT2D eigenvalue weighted by molar-refractivity contribution is -0.113. The predicted molar refractivity (Wildman–Crippen MR) is 107 cm³/mol. The number of ether oxygens (including phenoxy) is 1. The molecule has 2 aromatic carbocycles. The van der Waals surface area contributed by atoms with Crippen LogP contribution in [0, 0.1) is 6.92 Å². The molecule has 25 heavy (non-hydrogen) atoms. The molecule has 1 heterocycles. The summed E-state index contributed by atoms with van der Waals surface area (Å²) in [6, 6.07) is 13.5. The molecule has 1 N–H and O–H groups in total. The van der Waals surface area contributed by atoms with Gasteiger partial charge in [-0.3, -0.25) is 9.69 Å². The van der Waals surface area contributed by atoms with Crippen molar-refractivity contribution < 1.29 is 9.53 Å². The number of hydrogen-bond donors (Lipinski definition) is 1. The summed E-state index contributed by atoms with van der Waals surface area (Å²) in [7, 11) is 1.64. The standard InChI is InChI=1S/C19H18N2O2S2/c1-12-6-4-5-7-15(12)21-18(22)14(20-19(21)24)10-13-8-9-17(25-3)16(11-13)23-2/h4-11H,1-3H3,(H,20,24)/b14-10-. The first-order valence-electron chi connectivity index (χ1n) is 7.70. The average molecular weight is 370 g/mol. The van der Waals surface area contributed by atoms with Gasteiger partial charge in [0.25, 0.3) is 5.91 Å². The van der Waals surface area contributed by atoms with E-state index < -0.39 is 0 Å². The van der Waals surface area contributed by atoms with Gasteiger partial charge in [-0.15, -0.1) is 11.8 Å². The first-order valence-corrected chi connectivity index (χ1v) is 9.33. The molecule has 6 heteroatoms. The zero-order valence-corrected chi connectivity index (χ0v) is 15.8. The third-order valence-electron chi connectivity index (χ3n) is 3.95. The zero-order valence-electron chi connectivity index (χ0n) is 14.2. The Morgan fingerprint density at radius 2 is 2.00 bits per heavy atom. The van der Waals surface area contributed by atoms with Crippen LogP contribution in [0.25, 0.3) is 6.08 Å². The van der Waals surface area contributed by atoms with Gasteiger partial charge in [-0.25, -0.2) is 0 Å². The van der Waals surface area contributed by atoms with Gasteiger partial charge in [0.05, 0.1) is 12.8 Å². The molecule has 1 amide bonds. The Balaban J connectivity index is 1.95. The number of methoxy groups -OCH3 is 1. The van der Waals surface area contributed by atoms with Crippen LogP contribution >= 0.6 is 24.0 Å². The zero-order chi connectivity index (χ0) is 18.0. The minimum atomic E-state index is -0.160. The number of nitrogens with zero attached hydrogens (tertiary/aromatic N) is 1. The van der Waals surface area contributed by atoms with Crippen molar-refractivity contribution in [3.63, 3.8) is 0 Å². The number of amides is 1. The van der Waals surface area contributed by atoms with Crippen LogP contribution < -0.4 is 15.0 Å². The van der Waals surface area contributed by atoms with E-state index in [1.807, 2.05) is 55.6 Å². The topological polar surface area (TPSA) is 41.6 Å². The van der Waals surface area contributed by atoms with Gasteiger partial charge in [-0.2, -0.15) is 0 Å². The van der Waals surface area contributed by atoms with Gasteiger partial charge in [-0.05, 0) is 60.8 Å². The fourth-order valence-corrected chi connectivity index (χ4v) is 3.52. The lowest BCUT2D eigenvalue weighted by Gasteiger charge is -2.16. The number of benzene rings is 2. The summed E-state index contributed by atoms with van der Waals surface area (Å²) < 4.78 is 5.40. The SMILES string of the molecule is COc1cc(/C=C2\NC(=S)N(c3ccccc3C)C2=O)ccc1SC. The maximum atomic E-state index is 12.8. The summed E-state index contributed by atoms with van der Waals surface area (Å²) in [5, 5.41) is 3.40. The summed E-state index contributed by atoms with van der Waals surface area (Å²) in [5.74, 6) is 0.623. The Hall–Kier alpha value is -2.31. The highest BCUT2D eigenvalue weighted by Gasteiger charge is 2.32. The van der Waals surface area contributed by atoms with E-state index in [4.69, 9.17) is 17.0 Å². The Morgan fingerprint density at radius 1 is 1.24 bits per heavy atom. The van der Waals surface area contributed by atoms with Crippen LogP contribution in [0.1, 0.15) is 11.1 Å². The van der Waals surface area contributed by atoms with Crippen molar-refractivity contribution in [2.75, 3.05) is 18.3 Å². The molecule has 0 aliphatic carbocycles. The Bertz CT molecular complexity index is 877. The molecule has 4 nitrogen and oxygen atoms in total. The molecular weight excluding hydrogens is 352 g/mol. The minimum Gasteiger partial charge on any atom is -0.496 e. The maximum absolute atomic E-state index is 12.8. The largest absolute Gasteiger partial charge is 0.496 e. The number of para-hydroxylation sites is 1. The van der Waals surface area contributed by atoms with Crippen LogP contribution in [0.3, 0.4) is 0 Å². The molecule has 0 bridgehead atoms. The third kappa shape index (κ3) is 3.41. The van der Waals surface area contributed by atoms with E-state index in [1.165, 1.54) is 4.90 Å². The van der Waals surface area contributed by atoms with Crippen molar-refractivity contribution in [3.05, 3.63) is 59.3 Å². The van der Waals surface area contributed by atoms with Crippen molar-refractivity contribution in [2.24, 2.45) is 0 Å². The lowest BCUT2D eigenvalue weighted by Crippen LogP contribution is -2.30. The monoisotopic (exact) mass is 370 g/mol. The first kappa shape index (κ1) is 17.5. The van der Waals surface area contributed by atoms with Crippen LogP contribution in [0.15, 0.2) is 53.1 Å². The number of thioether (sulfide) groups is 1. The average Bonchev–Trinajstić information content (AvgIpc) is 2.89. The Labute approximate surface area is 156 Å². The summed E-state index contributed by atoms with van der Waals surface area (Å²) >= 11 is 6.98. The predicted octanol–water partition coefficient (Wildman–Crippen LogP) is 3.99. The molecular formula is C19H18N2O2S2. The molecule has 1 saturated heterocycles. The van der Waals surface area contributed by atoms with E-state index in [0.29, 0.717) is 10.8 Å². The normalized spacial score (nSPS) is 15.6. The molecule has 3 rings (SSSR count). The van der Waals surface area contributed by atoms with Gasteiger partial charge in [0.2, 0.25) is 0 Å². The fourth-order valence-electron chi connectivity index (χ4n) is 2.68. The van der Waals surface area contributed by atoms with Crippen LogP contribution in [-0.4, -0.2) is 24.4 Å². The van der Waals surface area contributed by atoms with Gasteiger partial charge in [0.1, 0.15) is 11.4 Å². The van der Waals surface area contributed by atoms with E-state index >= 15 is 0 Å². The highest BCUT2D eigenvalue weighted by atomic mass is 32.2. The number of aryl methyl sites for hydroxylation is 1. The van der Waals surface area contributed by atoms with Crippen LogP contribution in [0.4, 0.5) is 5.69 Å². The summed E-state index contributed by atoms with van der Waals surface area (Å²) in [5.41, 5.74) is 3.11. The lowest BCUT2D eigenvalue weighted by atomic mass is 10.1. The number of hydrogen-bond acceptors (Lipinski definition) is 4. The highest BCUT2D eigenvalue weighted by molar-refractivity contribution is 7.98. The van der Waals surface area contributed by atoms with Crippen molar-refractivity contribution in [1.29, 1.82) is 0 Å². The first-order chi connectivity index (χ1) is 12.0. The van der Waals surface area contributed by atoms with E-state index in [-0.39, 0.29) is 5.91 Å². The molecule has 0 radical (unpaired) electrons. The van der Waals surface area contributed by atoms with E-state index in [0.717, 1.165) is 27.5 Å². The van der Waals surface area contributed by atoms with E-state index in [2.05, 4.69) is 5.32 Å². The number of anilines is 1. The molecule has 0 aromatic heterocycles. The van der Waals surface area contributed by atoms with Crippen molar-refractivity contribution in [2.45, 2.75) is 11.8 Å². The smallest absolute Gasteiger partial charge is 0.281 e. The maximum Gasteiger partial charge on any atom is 0.281 e. The van der Waals surface area contributed by atoms with Crippen LogP contribution in [-0.2, 0) is 4.79 Å². The molecule has 2 aromatic rings. The van der Waals surface area contributed by atoms with Crippen LogP contribution in [0.2, 0.25) is 0 Å². The van der Waals surface area contributed by atoms with E-state index in [1.54, 1.807) is 24.9 Å². The number of nitrogens with one attached hydrogen (secondary N) is 1. The van der Waals surface area contributed by atoms with Gasteiger partial charge in [0, 0.05) is 4.90 Å². The van der Waals surface area contributed by atoms with Crippen molar-refractivity contribution in [1.82, 2.24) is 5.32 Å². The molecule has 0 unspecified atom stereocenters. The molecule has 128 valence electrons. The number of thiocarbonyl (C=S) groups is 1. The minimum absolute atomic E-state index is 0.160. The molecule has 1 fully saturated rings. The van der Waals surface area contributed by atoms with Gasteiger partial charge < -0.3 is 10.1 Å². The molecule has 0 saturated carbocycles. The highest BCUT2D eigenvalue weighted by Crippen LogP contribution is 2.30. The number of rotatable bonds is 4. The molecule has 1 aliphatic rings. The quantitative estimate of drug-likeness (QED) is 0.501. The number of carbonyl (C=O) groups is 1. The third-order valence-corrected chi connectivity index (χ3v) is 5.01. The summed E-state index contributed by atoms with van der Waals surface area (Å²) in [4.78, 5) is 15.4. The molecule has 0 atom stereocenters. The summed E-state index contributed by atoms with van der Waals surface area (Å²) in [6.45, 7) is 1.96. The second-order valence-corrected chi connectivity index (χ2v) is 6.76. The molecule has 1 aliphatic heterocycles. The fraction of sp³-hybridized carbons (Fsp3) is 0.158. The van der Waals surface area contributed by atoms with Gasteiger partial charge in [-0.1, -0.05) is 24.3 Å². The Morgan fingerprint density at radius 3 is 2.68 bits per heavy atom. The van der Waals surface area contributed by atoms with E-state index in [9.17, 15) is 4.79 Å². The van der Waals surface area contributed by atoms with Gasteiger partial charge in [0.15, 0.2) is 5.11 Å². The second-order valence-electron chi connectivity index (χ2n) is 5.53. The Kier molecular flexibility index (Phi) is 5.11. The van der Waals surface area contributed by atoms with Gasteiger partial charge >= 0.3 is 0 Å². The van der Waals surface area contributed by atoms with Crippen LogP contribution in [0.5, 0.6) is 5.75 Å². The van der Waals surface area contributed by atoms with Crippen molar-refractivity contribution in [3.8, 4) is 5.75 Å².